The molecule has 88 valence electrons. The second-order valence-electron chi connectivity index (χ2n) is 4.70. The highest BCUT2D eigenvalue weighted by Crippen LogP contribution is 2.20. The van der Waals surface area contributed by atoms with Gasteiger partial charge < -0.3 is 10.1 Å². The van der Waals surface area contributed by atoms with Gasteiger partial charge in [0.1, 0.15) is 0 Å². The lowest BCUT2D eigenvalue weighted by atomic mass is 10.1. The second kappa shape index (κ2) is 5.35. The topological polar surface area (TPSA) is 21.3 Å². The summed E-state index contributed by atoms with van der Waals surface area (Å²) in [6.07, 6.45) is 3.50. The van der Waals surface area contributed by atoms with E-state index in [-0.39, 0.29) is 0 Å². The summed E-state index contributed by atoms with van der Waals surface area (Å²) in [7, 11) is 0. The van der Waals surface area contributed by atoms with Crippen LogP contribution in [0, 0.1) is 13.8 Å². The molecule has 2 nitrogen and oxygen atoms in total. The number of aryl methyl sites for hydroxylation is 2. The van der Waals surface area contributed by atoms with Gasteiger partial charge >= 0.3 is 0 Å². The van der Waals surface area contributed by atoms with E-state index in [9.17, 15) is 0 Å². The average Bonchev–Trinajstić information content (AvgIpc) is 2.52. The third kappa shape index (κ3) is 2.99. The molecular weight excluding hydrogens is 198 g/mol. The quantitative estimate of drug-likeness (QED) is 0.824. The average molecular weight is 219 g/mol. The van der Waals surface area contributed by atoms with Gasteiger partial charge in [0.05, 0.1) is 0 Å². The predicted octanol–water partition coefficient (Wildman–Crippen LogP) is 3.28. The van der Waals surface area contributed by atoms with Gasteiger partial charge in [0.15, 0.2) is 0 Å². The first-order valence-electron chi connectivity index (χ1n) is 6.17. The molecule has 0 aliphatic carbocycles. The molecule has 1 saturated heterocycles. The molecule has 1 unspecified atom stereocenters. The second-order valence-corrected chi connectivity index (χ2v) is 4.70. The molecule has 0 radical (unpaired) electrons. The molecule has 1 aliphatic rings. The molecule has 1 N–H and O–H groups in total. The van der Waals surface area contributed by atoms with E-state index < -0.39 is 0 Å². The molecule has 2 heteroatoms. The summed E-state index contributed by atoms with van der Waals surface area (Å²) in [5.41, 5.74) is 3.93. The molecule has 1 aliphatic heterocycles. The van der Waals surface area contributed by atoms with E-state index in [4.69, 9.17) is 4.74 Å². The van der Waals surface area contributed by atoms with Crippen molar-refractivity contribution in [2.24, 2.45) is 0 Å². The van der Waals surface area contributed by atoms with E-state index in [1.54, 1.807) is 0 Å². The van der Waals surface area contributed by atoms with Gasteiger partial charge in [-0.2, -0.15) is 0 Å². The largest absolute Gasteiger partial charge is 0.382 e. The predicted molar refractivity (Wildman–Crippen MR) is 68.0 cm³/mol. The standard InChI is InChI=1S/C14H21NO/c1-11-5-6-12(2)14(10-11)15-13-4-3-8-16-9-7-13/h5-6,10,13,15H,3-4,7-9H2,1-2H3. The van der Waals surface area contributed by atoms with E-state index in [0.717, 1.165) is 19.6 Å². The van der Waals surface area contributed by atoms with Gasteiger partial charge in [0, 0.05) is 24.9 Å². The Morgan fingerprint density at radius 3 is 2.94 bits per heavy atom. The zero-order valence-electron chi connectivity index (χ0n) is 10.3. The Hall–Kier alpha value is -1.02. The van der Waals surface area contributed by atoms with Gasteiger partial charge in [0.25, 0.3) is 0 Å². The molecule has 0 aromatic heterocycles. The lowest BCUT2D eigenvalue weighted by Gasteiger charge is -2.19. The number of nitrogens with one attached hydrogen (secondary N) is 1. The van der Waals surface area contributed by atoms with Crippen molar-refractivity contribution >= 4 is 5.69 Å². The van der Waals surface area contributed by atoms with Crippen LogP contribution in [0.2, 0.25) is 0 Å². The summed E-state index contributed by atoms with van der Waals surface area (Å²) < 4.78 is 5.48. The zero-order chi connectivity index (χ0) is 11.4. The fourth-order valence-electron chi connectivity index (χ4n) is 2.16. The highest BCUT2D eigenvalue weighted by atomic mass is 16.5. The molecule has 1 heterocycles. The van der Waals surface area contributed by atoms with Crippen LogP contribution in [0.5, 0.6) is 0 Å². The van der Waals surface area contributed by atoms with Crippen molar-refractivity contribution in [2.45, 2.75) is 39.2 Å². The lowest BCUT2D eigenvalue weighted by molar-refractivity contribution is 0.144. The zero-order valence-corrected chi connectivity index (χ0v) is 10.3. The van der Waals surface area contributed by atoms with Crippen molar-refractivity contribution in [3.63, 3.8) is 0 Å². The van der Waals surface area contributed by atoms with E-state index in [1.165, 1.54) is 29.7 Å². The van der Waals surface area contributed by atoms with Crippen molar-refractivity contribution in [3.8, 4) is 0 Å². The van der Waals surface area contributed by atoms with Crippen LogP contribution in [-0.4, -0.2) is 19.3 Å². The molecule has 0 amide bonds. The maximum absolute atomic E-state index is 5.48. The molecule has 16 heavy (non-hydrogen) atoms. The van der Waals surface area contributed by atoms with Gasteiger partial charge in [-0.25, -0.2) is 0 Å². The van der Waals surface area contributed by atoms with Gasteiger partial charge in [-0.05, 0) is 50.3 Å². The molecule has 2 rings (SSSR count). The molecular formula is C14H21NO. The number of ether oxygens (including phenoxy) is 1. The smallest absolute Gasteiger partial charge is 0.0485 e. The van der Waals surface area contributed by atoms with E-state index in [2.05, 4.69) is 37.4 Å². The minimum Gasteiger partial charge on any atom is -0.382 e. The molecule has 0 saturated carbocycles. The van der Waals surface area contributed by atoms with Crippen molar-refractivity contribution in [1.82, 2.24) is 0 Å². The Kier molecular flexibility index (Phi) is 3.83. The van der Waals surface area contributed by atoms with Gasteiger partial charge in [0.2, 0.25) is 0 Å². The number of hydrogen-bond acceptors (Lipinski definition) is 2. The highest BCUT2D eigenvalue weighted by Gasteiger charge is 2.12. The molecule has 0 bridgehead atoms. The molecule has 1 atom stereocenters. The molecule has 1 aromatic rings. The minimum atomic E-state index is 0.572. The normalized spacial score (nSPS) is 21.5. The van der Waals surface area contributed by atoms with Crippen molar-refractivity contribution in [1.29, 1.82) is 0 Å². The Morgan fingerprint density at radius 1 is 1.19 bits per heavy atom. The summed E-state index contributed by atoms with van der Waals surface area (Å²) in [6, 6.07) is 7.16. The van der Waals surface area contributed by atoms with Gasteiger partial charge in [-0.3, -0.25) is 0 Å². The number of benzene rings is 1. The fraction of sp³-hybridized carbons (Fsp3) is 0.571. The number of hydrogen-bond donors (Lipinski definition) is 1. The third-order valence-electron chi connectivity index (χ3n) is 3.20. The van der Waals surface area contributed by atoms with Gasteiger partial charge in [-0.1, -0.05) is 12.1 Å². The van der Waals surface area contributed by atoms with Crippen LogP contribution in [0.3, 0.4) is 0 Å². The van der Waals surface area contributed by atoms with Gasteiger partial charge in [-0.15, -0.1) is 0 Å². The lowest BCUT2D eigenvalue weighted by Crippen LogP contribution is -2.20. The van der Waals surface area contributed by atoms with Crippen LogP contribution < -0.4 is 5.32 Å². The number of anilines is 1. The van der Waals surface area contributed by atoms with Crippen molar-refractivity contribution < 1.29 is 4.74 Å². The van der Waals surface area contributed by atoms with Crippen LogP contribution in [-0.2, 0) is 4.74 Å². The monoisotopic (exact) mass is 219 g/mol. The summed E-state index contributed by atoms with van der Waals surface area (Å²) in [4.78, 5) is 0. The summed E-state index contributed by atoms with van der Waals surface area (Å²) >= 11 is 0. The van der Waals surface area contributed by atoms with Crippen LogP contribution in [0.1, 0.15) is 30.4 Å². The SMILES string of the molecule is Cc1ccc(C)c(NC2CCCOCC2)c1. The Morgan fingerprint density at radius 2 is 2.06 bits per heavy atom. The maximum atomic E-state index is 5.48. The third-order valence-corrected chi connectivity index (χ3v) is 3.20. The van der Waals surface area contributed by atoms with Crippen LogP contribution >= 0.6 is 0 Å². The Balaban J connectivity index is 2.04. The molecule has 0 spiro atoms. The first-order valence-corrected chi connectivity index (χ1v) is 6.17. The van der Waals surface area contributed by atoms with E-state index in [1.807, 2.05) is 0 Å². The first kappa shape index (κ1) is 11.5. The van der Waals surface area contributed by atoms with Crippen molar-refractivity contribution in [3.05, 3.63) is 29.3 Å². The molecule has 1 aromatic carbocycles. The first-order chi connectivity index (χ1) is 7.75. The highest BCUT2D eigenvalue weighted by molar-refractivity contribution is 5.53. The Bertz CT molecular complexity index is 341. The Labute approximate surface area is 98.0 Å². The minimum absolute atomic E-state index is 0.572. The van der Waals surface area contributed by atoms with Crippen LogP contribution in [0.25, 0.3) is 0 Å². The summed E-state index contributed by atoms with van der Waals surface area (Å²) in [6.45, 7) is 6.11. The van der Waals surface area contributed by atoms with E-state index in [0.29, 0.717) is 6.04 Å². The molecule has 1 fully saturated rings. The summed E-state index contributed by atoms with van der Waals surface area (Å²) in [5.74, 6) is 0. The van der Waals surface area contributed by atoms with Crippen LogP contribution in [0.15, 0.2) is 18.2 Å². The van der Waals surface area contributed by atoms with Crippen molar-refractivity contribution in [2.75, 3.05) is 18.5 Å². The van der Waals surface area contributed by atoms with Crippen LogP contribution in [0.4, 0.5) is 5.69 Å². The number of rotatable bonds is 2. The van der Waals surface area contributed by atoms with E-state index >= 15 is 0 Å². The summed E-state index contributed by atoms with van der Waals surface area (Å²) in [5, 5.41) is 3.65. The fourth-order valence-corrected chi connectivity index (χ4v) is 2.16. The maximum Gasteiger partial charge on any atom is 0.0485 e.